The number of anilines is 1. The Morgan fingerprint density at radius 2 is 1.80 bits per heavy atom. The summed E-state index contributed by atoms with van der Waals surface area (Å²) >= 11 is 0. The van der Waals surface area contributed by atoms with Crippen LogP contribution in [0, 0.1) is 0 Å². The highest BCUT2D eigenvalue weighted by molar-refractivity contribution is 7.79. The highest BCUT2D eigenvalue weighted by Crippen LogP contribution is 2.06. The molecule has 0 atom stereocenters. The second-order valence-corrected chi connectivity index (χ2v) is 3.56. The zero-order valence-electron chi connectivity index (χ0n) is 7.87. The first kappa shape index (κ1) is 13.8. The van der Waals surface area contributed by atoms with Crippen LogP contribution in [0.4, 0.5) is 5.69 Å². The summed E-state index contributed by atoms with van der Waals surface area (Å²) in [7, 11) is -4.67. The number of hydrogen-bond acceptors (Lipinski definition) is 4. The van der Waals surface area contributed by atoms with Crippen molar-refractivity contribution in [1.29, 1.82) is 0 Å². The van der Waals surface area contributed by atoms with Crippen LogP contribution in [0.25, 0.3) is 0 Å². The van der Waals surface area contributed by atoms with Crippen molar-refractivity contribution in [2.45, 2.75) is 6.42 Å². The number of rotatable bonds is 2. The zero-order valence-corrected chi connectivity index (χ0v) is 8.68. The second-order valence-electron chi connectivity index (χ2n) is 2.67. The molecule has 0 saturated carbocycles. The van der Waals surface area contributed by atoms with Crippen LogP contribution in [0.1, 0.15) is 5.56 Å². The first-order valence-electron chi connectivity index (χ1n) is 3.98. The van der Waals surface area contributed by atoms with Crippen LogP contribution in [0.15, 0.2) is 24.3 Å². The number of hydrogen-bond donors (Lipinski definition) is 4. The van der Waals surface area contributed by atoms with E-state index in [1.807, 2.05) is 24.3 Å². The minimum atomic E-state index is -4.67. The summed E-state index contributed by atoms with van der Waals surface area (Å²) < 4.78 is 31.6. The molecule has 0 spiro atoms. The second kappa shape index (κ2) is 6.36. The Kier molecular flexibility index (Phi) is 5.87. The SMILES string of the molecule is Nc1cccc(CCO)c1.O=S(=O)(O)O. The molecule has 0 aromatic heterocycles. The van der Waals surface area contributed by atoms with Crippen LogP contribution in [0.3, 0.4) is 0 Å². The fourth-order valence-corrected chi connectivity index (χ4v) is 0.878. The molecule has 0 heterocycles. The predicted molar refractivity (Wildman–Crippen MR) is 55.8 cm³/mol. The monoisotopic (exact) mass is 235 g/mol. The normalized spacial score (nSPS) is 10.3. The molecule has 0 aliphatic heterocycles. The molecule has 0 fully saturated rings. The summed E-state index contributed by atoms with van der Waals surface area (Å²) in [5.41, 5.74) is 7.35. The Bertz CT molecular complexity index is 382. The van der Waals surface area contributed by atoms with E-state index in [1.54, 1.807) is 0 Å². The van der Waals surface area contributed by atoms with Crippen LogP contribution in [0.2, 0.25) is 0 Å². The van der Waals surface area contributed by atoms with Crippen molar-refractivity contribution in [1.82, 2.24) is 0 Å². The van der Waals surface area contributed by atoms with Gasteiger partial charge in [0.25, 0.3) is 0 Å². The van der Waals surface area contributed by atoms with E-state index < -0.39 is 10.4 Å². The van der Waals surface area contributed by atoms with Gasteiger partial charge >= 0.3 is 10.4 Å². The molecule has 0 saturated heterocycles. The van der Waals surface area contributed by atoms with E-state index in [1.165, 1.54) is 0 Å². The van der Waals surface area contributed by atoms with Gasteiger partial charge in [0.2, 0.25) is 0 Å². The molecule has 86 valence electrons. The maximum absolute atomic E-state index is 8.74. The Hall–Kier alpha value is -1.15. The summed E-state index contributed by atoms with van der Waals surface area (Å²) in [5, 5.41) is 8.57. The predicted octanol–water partition coefficient (Wildman–Crippen LogP) is 0.151. The van der Waals surface area contributed by atoms with Gasteiger partial charge in [-0.2, -0.15) is 8.42 Å². The number of aliphatic hydroxyl groups excluding tert-OH is 1. The fraction of sp³-hybridized carbons (Fsp3) is 0.250. The number of nitrogen functional groups attached to an aromatic ring is 1. The first-order valence-corrected chi connectivity index (χ1v) is 5.38. The lowest BCUT2D eigenvalue weighted by Gasteiger charge is -1.97. The molecule has 0 amide bonds. The Morgan fingerprint density at radius 1 is 1.27 bits per heavy atom. The van der Waals surface area contributed by atoms with Gasteiger partial charge in [-0.15, -0.1) is 0 Å². The summed E-state index contributed by atoms with van der Waals surface area (Å²) in [6.07, 6.45) is 0.686. The average molecular weight is 235 g/mol. The van der Waals surface area contributed by atoms with Crippen LogP contribution in [0.5, 0.6) is 0 Å². The lowest BCUT2D eigenvalue weighted by atomic mass is 10.1. The Labute approximate surface area is 87.9 Å². The molecular formula is C8H13NO5S. The van der Waals surface area contributed by atoms with Crippen molar-refractivity contribution >= 4 is 16.1 Å². The smallest absolute Gasteiger partial charge is 0.394 e. The zero-order chi connectivity index (χ0) is 11.9. The van der Waals surface area contributed by atoms with Crippen LogP contribution >= 0.6 is 0 Å². The van der Waals surface area contributed by atoms with Crippen molar-refractivity contribution in [3.8, 4) is 0 Å². The highest BCUT2D eigenvalue weighted by Gasteiger charge is 1.90. The standard InChI is InChI=1S/C8H11NO.H2O4S/c9-8-3-1-2-7(6-8)4-5-10;1-5(2,3)4/h1-3,6,10H,4-5,9H2;(H2,1,2,3,4). The van der Waals surface area contributed by atoms with Crippen LogP contribution in [-0.2, 0) is 16.8 Å². The van der Waals surface area contributed by atoms with Crippen molar-refractivity contribution in [2.75, 3.05) is 12.3 Å². The summed E-state index contributed by atoms with van der Waals surface area (Å²) in [6.45, 7) is 0.184. The van der Waals surface area contributed by atoms with Gasteiger partial charge in [-0.1, -0.05) is 12.1 Å². The molecule has 6 nitrogen and oxygen atoms in total. The molecule has 0 bridgehead atoms. The molecule has 0 aliphatic rings. The van der Waals surface area contributed by atoms with Crippen LogP contribution < -0.4 is 5.73 Å². The van der Waals surface area contributed by atoms with E-state index in [-0.39, 0.29) is 6.61 Å². The van der Waals surface area contributed by atoms with Gasteiger partial charge < -0.3 is 10.8 Å². The van der Waals surface area contributed by atoms with Crippen molar-refractivity contribution in [2.24, 2.45) is 0 Å². The highest BCUT2D eigenvalue weighted by atomic mass is 32.3. The van der Waals surface area contributed by atoms with Crippen LogP contribution in [-0.4, -0.2) is 29.2 Å². The fourth-order valence-electron chi connectivity index (χ4n) is 0.878. The van der Waals surface area contributed by atoms with Crippen molar-refractivity contribution in [3.05, 3.63) is 29.8 Å². The molecule has 1 aromatic carbocycles. The van der Waals surface area contributed by atoms with E-state index in [0.717, 1.165) is 11.3 Å². The van der Waals surface area contributed by atoms with E-state index in [2.05, 4.69) is 0 Å². The van der Waals surface area contributed by atoms with Gasteiger partial charge in [-0.25, -0.2) is 0 Å². The first-order chi connectivity index (χ1) is 6.83. The Morgan fingerprint density at radius 3 is 2.20 bits per heavy atom. The summed E-state index contributed by atoms with van der Waals surface area (Å²) in [6, 6.07) is 7.55. The molecular weight excluding hydrogens is 222 g/mol. The third-order valence-corrected chi connectivity index (χ3v) is 1.35. The van der Waals surface area contributed by atoms with E-state index >= 15 is 0 Å². The molecule has 0 aliphatic carbocycles. The minimum Gasteiger partial charge on any atom is -0.399 e. The van der Waals surface area contributed by atoms with Crippen molar-refractivity contribution < 1.29 is 22.6 Å². The lowest BCUT2D eigenvalue weighted by molar-refractivity contribution is 0.299. The van der Waals surface area contributed by atoms with Crippen molar-refractivity contribution in [3.63, 3.8) is 0 Å². The molecule has 0 radical (unpaired) electrons. The molecule has 15 heavy (non-hydrogen) atoms. The third kappa shape index (κ3) is 10.8. The lowest BCUT2D eigenvalue weighted by Crippen LogP contribution is -1.91. The van der Waals surface area contributed by atoms with Gasteiger partial charge in [-0.3, -0.25) is 9.11 Å². The summed E-state index contributed by atoms with van der Waals surface area (Å²) in [5.74, 6) is 0. The van der Waals surface area contributed by atoms with Gasteiger partial charge in [0, 0.05) is 12.3 Å². The van der Waals surface area contributed by atoms with E-state index in [0.29, 0.717) is 6.42 Å². The van der Waals surface area contributed by atoms with Gasteiger partial charge in [-0.05, 0) is 24.1 Å². The molecule has 1 rings (SSSR count). The third-order valence-electron chi connectivity index (χ3n) is 1.35. The van der Waals surface area contributed by atoms with E-state index in [4.69, 9.17) is 28.4 Å². The molecule has 0 unspecified atom stereocenters. The minimum absolute atomic E-state index is 0.184. The maximum Gasteiger partial charge on any atom is 0.394 e. The molecule has 5 N–H and O–H groups in total. The number of aliphatic hydroxyl groups is 1. The van der Waals surface area contributed by atoms with E-state index in [9.17, 15) is 0 Å². The maximum atomic E-state index is 8.74. The quantitative estimate of drug-likeness (QED) is 0.427. The largest absolute Gasteiger partial charge is 0.399 e. The topological polar surface area (TPSA) is 121 Å². The van der Waals surface area contributed by atoms with Gasteiger partial charge in [0.05, 0.1) is 0 Å². The van der Waals surface area contributed by atoms with Gasteiger partial charge in [0.15, 0.2) is 0 Å². The Balaban J connectivity index is 0.000000336. The summed E-state index contributed by atoms with van der Waals surface area (Å²) in [4.78, 5) is 0. The number of nitrogens with two attached hydrogens (primary N) is 1. The average Bonchev–Trinajstić information content (AvgIpc) is 2.01. The number of benzene rings is 1. The molecule has 7 heteroatoms. The van der Waals surface area contributed by atoms with Gasteiger partial charge in [0.1, 0.15) is 0 Å². The molecule has 1 aromatic rings.